The summed E-state index contributed by atoms with van der Waals surface area (Å²) >= 11 is 0. The van der Waals surface area contributed by atoms with Crippen LogP contribution in [0.1, 0.15) is 19.8 Å². The van der Waals surface area contributed by atoms with Gasteiger partial charge in [0.05, 0.1) is 6.54 Å². The summed E-state index contributed by atoms with van der Waals surface area (Å²) in [6, 6.07) is 0.126. The maximum absolute atomic E-state index is 12.5. The second-order valence-electron chi connectivity index (χ2n) is 3.94. The molecule has 1 heterocycles. The highest BCUT2D eigenvalue weighted by Crippen LogP contribution is 2.48. The van der Waals surface area contributed by atoms with Gasteiger partial charge in [0.25, 0.3) is 0 Å². The molecule has 1 aliphatic heterocycles. The molecule has 0 saturated heterocycles. The zero-order valence-corrected chi connectivity index (χ0v) is 7.78. The lowest BCUT2D eigenvalue weighted by Crippen LogP contribution is -2.51. The smallest absolute Gasteiger partial charge is 0.352 e. The third-order valence-electron chi connectivity index (χ3n) is 2.56. The van der Waals surface area contributed by atoms with E-state index in [-0.39, 0.29) is 24.8 Å². The molecule has 6 heteroatoms. The van der Waals surface area contributed by atoms with Crippen LogP contribution in [0.4, 0.5) is 13.2 Å². The average molecular weight is 207 g/mol. The number of hydrogen-bond acceptors (Lipinski definition) is 3. The molecule has 2 aliphatic rings. The Balaban J connectivity index is 1.98. The van der Waals surface area contributed by atoms with E-state index in [1.807, 2.05) is 6.92 Å². The van der Waals surface area contributed by atoms with Gasteiger partial charge in [0.2, 0.25) is 0 Å². The lowest BCUT2D eigenvalue weighted by molar-refractivity contribution is -0.161. The van der Waals surface area contributed by atoms with E-state index in [1.165, 1.54) is 0 Å². The van der Waals surface area contributed by atoms with Crippen molar-refractivity contribution in [3.8, 4) is 0 Å². The Morgan fingerprint density at radius 1 is 1.50 bits per heavy atom. The molecule has 2 rings (SSSR count). The first-order valence-corrected chi connectivity index (χ1v) is 4.59. The van der Waals surface area contributed by atoms with Crippen molar-refractivity contribution >= 4 is 5.96 Å². The molecule has 2 N–H and O–H groups in total. The van der Waals surface area contributed by atoms with Gasteiger partial charge in [-0.05, 0) is 19.8 Å². The number of aliphatic imine (C=N–C) groups is 1. The van der Waals surface area contributed by atoms with Gasteiger partial charge in [0, 0.05) is 6.04 Å². The quantitative estimate of drug-likeness (QED) is 0.673. The molecular formula is C8H12F3N3. The van der Waals surface area contributed by atoms with Crippen molar-refractivity contribution < 1.29 is 13.2 Å². The first-order valence-electron chi connectivity index (χ1n) is 4.59. The molecule has 0 aromatic rings. The van der Waals surface area contributed by atoms with E-state index >= 15 is 0 Å². The monoisotopic (exact) mass is 207 g/mol. The number of hydrogen-bond donors (Lipinski definition) is 2. The highest BCUT2D eigenvalue weighted by molar-refractivity contribution is 5.83. The molecule has 0 radical (unpaired) electrons. The average Bonchev–Trinajstić information content (AvgIpc) is 2.71. The van der Waals surface area contributed by atoms with E-state index < -0.39 is 11.7 Å². The fourth-order valence-electron chi connectivity index (χ4n) is 1.46. The van der Waals surface area contributed by atoms with Crippen LogP contribution in [0.15, 0.2) is 4.99 Å². The summed E-state index contributed by atoms with van der Waals surface area (Å²) in [5, 5.41) is 5.31. The van der Waals surface area contributed by atoms with Crippen molar-refractivity contribution in [3.63, 3.8) is 0 Å². The van der Waals surface area contributed by atoms with Crippen LogP contribution in [-0.4, -0.2) is 30.3 Å². The third-order valence-corrected chi connectivity index (χ3v) is 2.56. The van der Waals surface area contributed by atoms with Gasteiger partial charge in [-0.3, -0.25) is 4.99 Å². The van der Waals surface area contributed by atoms with Gasteiger partial charge in [-0.25, -0.2) is 0 Å². The summed E-state index contributed by atoms with van der Waals surface area (Å²) in [5.74, 6) is 0.285. The van der Waals surface area contributed by atoms with Gasteiger partial charge >= 0.3 is 6.18 Å². The normalized spacial score (nSPS) is 29.4. The second-order valence-corrected chi connectivity index (χ2v) is 3.94. The van der Waals surface area contributed by atoms with Gasteiger partial charge in [-0.15, -0.1) is 0 Å². The highest BCUT2D eigenvalue weighted by atomic mass is 19.4. The van der Waals surface area contributed by atoms with E-state index in [2.05, 4.69) is 15.6 Å². The first kappa shape index (κ1) is 9.61. The Kier molecular flexibility index (Phi) is 1.90. The van der Waals surface area contributed by atoms with Crippen molar-refractivity contribution in [2.24, 2.45) is 4.99 Å². The van der Waals surface area contributed by atoms with Gasteiger partial charge in [0.1, 0.15) is 5.54 Å². The van der Waals surface area contributed by atoms with Gasteiger partial charge in [-0.2, -0.15) is 13.2 Å². The molecule has 1 aliphatic carbocycles. The molecule has 0 aromatic carbocycles. The summed E-state index contributed by atoms with van der Waals surface area (Å²) in [4.78, 5) is 3.95. The SMILES string of the molecule is CC1CN=C(NC2(C(F)(F)F)CC2)N1. The lowest BCUT2D eigenvalue weighted by atomic mass is 10.2. The van der Waals surface area contributed by atoms with Crippen LogP contribution in [0, 0.1) is 0 Å². The number of halogens is 3. The Morgan fingerprint density at radius 3 is 2.50 bits per heavy atom. The third kappa shape index (κ3) is 1.53. The van der Waals surface area contributed by atoms with E-state index in [0.29, 0.717) is 6.54 Å². The van der Waals surface area contributed by atoms with Crippen LogP contribution in [-0.2, 0) is 0 Å². The fourth-order valence-corrected chi connectivity index (χ4v) is 1.46. The lowest BCUT2D eigenvalue weighted by Gasteiger charge is -2.22. The molecule has 3 nitrogen and oxygen atoms in total. The maximum atomic E-state index is 12.5. The Labute approximate surface area is 79.8 Å². The largest absolute Gasteiger partial charge is 0.411 e. The van der Waals surface area contributed by atoms with Gasteiger partial charge in [0.15, 0.2) is 5.96 Å². The van der Waals surface area contributed by atoms with E-state index in [0.717, 1.165) is 0 Å². The van der Waals surface area contributed by atoms with E-state index in [9.17, 15) is 13.2 Å². The van der Waals surface area contributed by atoms with E-state index in [1.54, 1.807) is 0 Å². The zero-order valence-electron chi connectivity index (χ0n) is 7.78. The molecule has 1 atom stereocenters. The minimum Gasteiger partial charge on any atom is -0.352 e. The van der Waals surface area contributed by atoms with Crippen LogP contribution in [0.2, 0.25) is 0 Å². The number of alkyl halides is 3. The van der Waals surface area contributed by atoms with Crippen LogP contribution in [0.3, 0.4) is 0 Å². The number of nitrogens with zero attached hydrogens (tertiary/aromatic N) is 1. The molecule has 1 saturated carbocycles. The summed E-state index contributed by atoms with van der Waals surface area (Å²) in [6.45, 7) is 2.42. The van der Waals surface area contributed by atoms with E-state index in [4.69, 9.17) is 0 Å². The van der Waals surface area contributed by atoms with Crippen LogP contribution < -0.4 is 10.6 Å². The van der Waals surface area contributed by atoms with Gasteiger partial charge < -0.3 is 10.6 Å². The number of nitrogens with one attached hydrogen (secondary N) is 2. The van der Waals surface area contributed by atoms with Gasteiger partial charge in [-0.1, -0.05) is 0 Å². The Bertz CT molecular complexity index is 267. The summed E-state index contributed by atoms with van der Waals surface area (Å²) in [5.41, 5.74) is -1.71. The molecule has 1 unspecified atom stereocenters. The minimum atomic E-state index is -4.18. The summed E-state index contributed by atoms with van der Waals surface area (Å²) in [7, 11) is 0. The maximum Gasteiger partial charge on any atom is 0.411 e. The van der Waals surface area contributed by atoms with Crippen LogP contribution in [0.5, 0.6) is 0 Å². The molecule has 0 spiro atoms. The second kappa shape index (κ2) is 2.77. The Hall–Kier alpha value is -0.940. The van der Waals surface area contributed by atoms with Crippen molar-refractivity contribution in [2.45, 2.75) is 37.5 Å². The standard InChI is InChI=1S/C8H12F3N3/c1-5-4-12-6(13-5)14-7(2-3-7)8(9,10)11/h5H,2-4H2,1H3,(H2,12,13,14). The molecule has 0 amide bonds. The minimum absolute atomic E-state index is 0.126. The fraction of sp³-hybridized carbons (Fsp3) is 0.875. The first-order chi connectivity index (χ1) is 6.43. The topological polar surface area (TPSA) is 36.4 Å². The van der Waals surface area contributed by atoms with Crippen molar-refractivity contribution in [1.82, 2.24) is 10.6 Å². The predicted molar refractivity (Wildman–Crippen MR) is 46.1 cm³/mol. The number of guanidine groups is 1. The van der Waals surface area contributed by atoms with Crippen LogP contribution in [0.25, 0.3) is 0 Å². The van der Waals surface area contributed by atoms with Crippen molar-refractivity contribution in [2.75, 3.05) is 6.54 Å². The predicted octanol–water partition coefficient (Wildman–Crippen LogP) is 1.02. The van der Waals surface area contributed by atoms with Crippen molar-refractivity contribution in [3.05, 3.63) is 0 Å². The summed E-state index contributed by atoms with van der Waals surface area (Å²) in [6.07, 6.45) is -3.89. The highest BCUT2D eigenvalue weighted by Gasteiger charge is 2.64. The molecule has 1 fully saturated rings. The summed E-state index contributed by atoms with van der Waals surface area (Å²) < 4.78 is 37.5. The van der Waals surface area contributed by atoms with Crippen molar-refractivity contribution in [1.29, 1.82) is 0 Å². The molecule has 14 heavy (non-hydrogen) atoms. The molecule has 0 bridgehead atoms. The molecule has 80 valence electrons. The van der Waals surface area contributed by atoms with Crippen LogP contribution >= 0.6 is 0 Å². The molecule has 0 aromatic heterocycles. The Morgan fingerprint density at radius 2 is 2.14 bits per heavy atom. The number of rotatable bonds is 1. The molecular weight excluding hydrogens is 195 g/mol. The zero-order chi connectivity index (χ0) is 10.4.